The Morgan fingerprint density at radius 2 is 2.16 bits per heavy atom. The molecular weight excluding hydrogens is 262 g/mol. The predicted molar refractivity (Wildman–Crippen MR) is 77.1 cm³/mol. The van der Waals surface area contributed by atoms with Gasteiger partial charge >= 0.3 is 0 Å². The fourth-order valence-electron chi connectivity index (χ4n) is 2.26. The first-order valence-corrected chi connectivity index (χ1v) is 8.44. The fraction of sp³-hybridized carbons (Fsp3) is 0.615. The fourth-order valence-corrected chi connectivity index (χ4v) is 3.54. The van der Waals surface area contributed by atoms with Crippen LogP contribution in [0.3, 0.4) is 0 Å². The number of sulfone groups is 1. The van der Waals surface area contributed by atoms with Gasteiger partial charge in [-0.25, -0.2) is 13.4 Å². The zero-order valence-corrected chi connectivity index (χ0v) is 12.1. The maximum atomic E-state index is 11.6. The van der Waals surface area contributed by atoms with Crippen molar-refractivity contribution in [2.75, 3.05) is 29.5 Å². The Labute approximate surface area is 114 Å². The van der Waals surface area contributed by atoms with Gasteiger partial charge in [0.05, 0.1) is 11.5 Å². The molecule has 2 rings (SSSR count). The first-order chi connectivity index (χ1) is 8.96. The second-order valence-corrected chi connectivity index (χ2v) is 7.50. The second kappa shape index (κ2) is 5.88. The first kappa shape index (κ1) is 14.3. The van der Waals surface area contributed by atoms with E-state index in [-0.39, 0.29) is 17.5 Å². The zero-order valence-electron chi connectivity index (χ0n) is 11.2. The molecule has 0 spiro atoms. The van der Waals surface area contributed by atoms with Crippen LogP contribution in [-0.2, 0) is 16.3 Å². The Kier molecular flexibility index (Phi) is 4.42. The molecule has 1 aliphatic rings. The van der Waals surface area contributed by atoms with E-state index in [0.717, 1.165) is 24.3 Å². The van der Waals surface area contributed by atoms with Crippen LogP contribution in [0.25, 0.3) is 0 Å². The Morgan fingerprint density at radius 1 is 1.37 bits per heavy atom. The molecule has 0 amide bonds. The third kappa shape index (κ3) is 4.18. The summed E-state index contributed by atoms with van der Waals surface area (Å²) in [5.74, 6) is 1.35. The van der Waals surface area contributed by atoms with Crippen LogP contribution in [0.4, 0.5) is 5.82 Å². The molecule has 19 heavy (non-hydrogen) atoms. The molecule has 106 valence electrons. The molecule has 1 aromatic heterocycles. The Hall–Kier alpha value is -1.14. The molecule has 2 heterocycles. The van der Waals surface area contributed by atoms with Crippen LogP contribution in [-0.4, -0.2) is 44.0 Å². The number of pyridine rings is 1. The minimum atomic E-state index is -2.87. The lowest BCUT2D eigenvalue weighted by molar-refractivity contribution is 0.597. The number of anilines is 1. The molecule has 1 fully saturated rings. The summed E-state index contributed by atoms with van der Waals surface area (Å²) in [4.78, 5) is 6.46. The molecular formula is C13H21N3O2S. The number of hydrogen-bond donors (Lipinski definition) is 1. The van der Waals surface area contributed by atoms with Gasteiger partial charge in [0.25, 0.3) is 0 Å². The molecule has 2 N–H and O–H groups in total. The molecule has 0 aliphatic carbocycles. The maximum absolute atomic E-state index is 11.6. The van der Waals surface area contributed by atoms with Gasteiger partial charge in [0.1, 0.15) is 5.82 Å². The number of nitrogens with two attached hydrogens (primary N) is 1. The summed E-state index contributed by atoms with van der Waals surface area (Å²) in [6, 6.07) is 4.09. The number of hydrogen-bond acceptors (Lipinski definition) is 5. The minimum Gasteiger partial charge on any atom is -0.356 e. The van der Waals surface area contributed by atoms with Gasteiger partial charge in [0.15, 0.2) is 9.84 Å². The molecule has 1 saturated heterocycles. The van der Waals surface area contributed by atoms with E-state index < -0.39 is 9.84 Å². The van der Waals surface area contributed by atoms with Gasteiger partial charge < -0.3 is 10.6 Å². The van der Waals surface area contributed by atoms with Gasteiger partial charge in [-0.2, -0.15) is 0 Å². The summed E-state index contributed by atoms with van der Waals surface area (Å²) in [7, 11) is -2.87. The Morgan fingerprint density at radius 3 is 2.79 bits per heavy atom. The lowest BCUT2D eigenvalue weighted by atomic mass is 10.1. The molecule has 0 aromatic carbocycles. The van der Waals surface area contributed by atoms with E-state index in [1.165, 1.54) is 0 Å². The number of nitrogens with zero attached hydrogens (tertiary/aromatic N) is 2. The minimum absolute atomic E-state index is 0.121. The summed E-state index contributed by atoms with van der Waals surface area (Å²) in [5, 5.41) is 0. The van der Waals surface area contributed by atoms with Crippen molar-refractivity contribution < 1.29 is 8.42 Å². The molecule has 1 aliphatic heterocycles. The van der Waals surface area contributed by atoms with Crippen LogP contribution in [0.15, 0.2) is 18.3 Å². The van der Waals surface area contributed by atoms with Gasteiger partial charge in [0.2, 0.25) is 0 Å². The average Bonchev–Trinajstić information content (AvgIpc) is 2.51. The topological polar surface area (TPSA) is 76.3 Å². The summed E-state index contributed by atoms with van der Waals surface area (Å²) < 4.78 is 23.1. The van der Waals surface area contributed by atoms with Crippen LogP contribution in [0.5, 0.6) is 0 Å². The van der Waals surface area contributed by atoms with E-state index in [9.17, 15) is 8.42 Å². The molecule has 1 aromatic rings. The van der Waals surface area contributed by atoms with E-state index >= 15 is 0 Å². The molecule has 1 unspecified atom stereocenters. The monoisotopic (exact) mass is 283 g/mol. The average molecular weight is 283 g/mol. The van der Waals surface area contributed by atoms with Crippen LogP contribution in [0.1, 0.15) is 18.9 Å². The van der Waals surface area contributed by atoms with Crippen molar-refractivity contribution in [1.29, 1.82) is 0 Å². The van der Waals surface area contributed by atoms with Crippen molar-refractivity contribution in [3.8, 4) is 0 Å². The Balaban J connectivity index is 2.05. The van der Waals surface area contributed by atoms with Crippen molar-refractivity contribution >= 4 is 15.7 Å². The SMILES string of the molecule is CC(N)Cc1ccc(N2CCCS(=O)(=O)CC2)nc1. The van der Waals surface area contributed by atoms with Crippen LogP contribution in [0.2, 0.25) is 0 Å². The molecule has 5 nitrogen and oxygen atoms in total. The lowest BCUT2D eigenvalue weighted by Gasteiger charge is -2.21. The summed E-state index contributed by atoms with van der Waals surface area (Å²) in [6.07, 6.45) is 3.31. The van der Waals surface area contributed by atoms with Gasteiger partial charge in [-0.1, -0.05) is 6.07 Å². The second-order valence-electron chi connectivity index (χ2n) is 5.20. The van der Waals surface area contributed by atoms with Crippen molar-refractivity contribution in [2.24, 2.45) is 5.73 Å². The highest BCUT2D eigenvalue weighted by molar-refractivity contribution is 7.91. The molecule has 6 heteroatoms. The summed E-state index contributed by atoms with van der Waals surface area (Å²) in [5.41, 5.74) is 6.86. The van der Waals surface area contributed by atoms with E-state index in [4.69, 9.17) is 5.73 Å². The molecule has 0 saturated carbocycles. The third-order valence-corrected chi connectivity index (χ3v) is 4.96. The smallest absolute Gasteiger partial charge is 0.152 e. The van der Waals surface area contributed by atoms with Gasteiger partial charge in [-0.05, 0) is 31.4 Å². The standard InChI is InChI=1S/C13H21N3O2S/c1-11(14)9-12-3-4-13(15-10-12)16-5-2-7-19(17,18)8-6-16/h3-4,10-11H,2,5-9,14H2,1H3. The normalized spacial score (nSPS) is 20.8. The highest BCUT2D eigenvalue weighted by atomic mass is 32.2. The lowest BCUT2D eigenvalue weighted by Crippen LogP contribution is -2.27. The highest BCUT2D eigenvalue weighted by Gasteiger charge is 2.19. The van der Waals surface area contributed by atoms with E-state index in [1.54, 1.807) is 0 Å². The van der Waals surface area contributed by atoms with Crippen molar-refractivity contribution in [1.82, 2.24) is 4.98 Å². The van der Waals surface area contributed by atoms with Crippen LogP contribution >= 0.6 is 0 Å². The number of aromatic nitrogens is 1. The molecule has 0 radical (unpaired) electrons. The van der Waals surface area contributed by atoms with Crippen molar-refractivity contribution in [3.63, 3.8) is 0 Å². The van der Waals surface area contributed by atoms with E-state index in [1.807, 2.05) is 30.2 Å². The van der Waals surface area contributed by atoms with E-state index in [2.05, 4.69) is 4.98 Å². The Bertz CT molecular complexity index is 511. The van der Waals surface area contributed by atoms with Crippen molar-refractivity contribution in [3.05, 3.63) is 23.9 Å². The predicted octanol–water partition coefficient (Wildman–Crippen LogP) is 0.596. The highest BCUT2D eigenvalue weighted by Crippen LogP contribution is 2.15. The third-order valence-electron chi connectivity index (χ3n) is 3.25. The molecule has 1 atom stereocenters. The summed E-state index contributed by atoms with van der Waals surface area (Å²) in [6.45, 7) is 3.24. The largest absolute Gasteiger partial charge is 0.356 e. The maximum Gasteiger partial charge on any atom is 0.152 e. The van der Waals surface area contributed by atoms with Crippen LogP contribution in [0, 0.1) is 0 Å². The van der Waals surface area contributed by atoms with Gasteiger partial charge in [0, 0.05) is 25.3 Å². The quantitative estimate of drug-likeness (QED) is 0.879. The summed E-state index contributed by atoms with van der Waals surface area (Å²) >= 11 is 0. The van der Waals surface area contributed by atoms with Gasteiger partial charge in [-0.15, -0.1) is 0 Å². The first-order valence-electron chi connectivity index (χ1n) is 6.62. The van der Waals surface area contributed by atoms with Gasteiger partial charge in [-0.3, -0.25) is 0 Å². The van der Waals surface area contributed by atoms with Crippen molar-refractivity contribution in [2.45, 2.75) is 25.8 Å². The van der Waals surface area contributed by atoms with E-state index in [0.29, 0.717) is 13.0 Å². The van der Waals surface area contributed by atoms with Crippen LogP contribution < -0.4 is 10.6 Å². The molecule has 0 bridgehead atoms. The number of rotatable bonds is 3. The zero-order chi connectivity index (χ0) is 13.9.